The molecule has 24 heavy (non-hydrogen) atoms. The van der Waals surface area contributed by atoms with Crippen molar-refractivity contribution < 1.29 is 28.9 Å². The number of aromatic nitrogens is 4. The van der Waals surface area contributed by atoms with Crippen molar-refractivity contribution in [1.29, 1.82) is 0 Å². The Labute approximate surface area is 144 Å². The summed E-state index contributed by atoms with van der Waals surface area (Å²) in [6, 6.07) is 0. The fourth-order valence-corrected chi connectivity index (χ4v) is 5.05. The van der Waals surface area contributed by atoms with E-state index in [1.54, 1.807) is 0 Å². The van der Waals surface area contributed by atoms with E-state index in [0.29, 0.717) is 0 Å². The Morgan fingerprint density at radius 2 is 0.958 bits per heavy atom. The van der Waals surface area contributed by atoms with E-state index in [1.165, 1.54) is 0 Å². The third-order valence-electron chi connectivity index (χ3n) is 3.64. The van der Waals surface area contributed by atoms with Crippen LogP contribution in [0.1, 0.15) is 0 Å². The van der Waals surface area contributed by atoms with Gasteiger partial charge in [-0.3, -0.25) is 0 Å². The molecule has 0 atom stereocenters. The number of rotatable bonds is 2. The van der Waals surface area contributed by atoms with Crippen molar-refractivity contribution in [3.63, 3.8) is 0 Å². The van der Waals surface area contributed by atoms with Gasteiger partial charge in [-0.2, -0.15) is 0 Å². The van der Waals surface area contributed by atoms with Crippen molar-refractivity contribution in [1.82, 2.24) is 15.9 Å². The SMILES string of the molecule is OB(O)c1c(F)c2c3n[se]nc3c(B(O)O)c(F)c2c2n[se]nc12. The molecule has 8 nitrogen and oxygen atoms in total. The first-order valence-electron chi connectivity index (χ1n) is 6.36. The first-order valence-corrected chi connectivity index (χ1v) is 9.43. The van der Waals surface area contributed by atoms with Crippen LogP contribution in [0.15, 0.2) is 0 Å². The van der Waals surface area contributed by atoms with Crippen LogP contribution in [-0.2, 0) is 0 Å². The summed E-state index contributed by atoms with van der Waals surface area (Å²) < 4.78 is 45.8. The molecule has 0 aliphatic rings. The zero-order valence-electron chi connectivity index (χ0n) is 11.3. The van der Waals surface area contributed by atoms with Gasteiger partial charge in [0, 0.05) is 0 Å². The number of halogens is 2. The van der Waals surface area contributed by atoms with Gasteiger partial charge in [-0.1, -0.05) is 0 Å². The number of nitrogens with zero attached hydrogens (tertiary/aromatic N) is 4. The Morgan fingerprint density at radius 1 is 0.625 bits per heavy atom. The van der Waals surface area contributed by atoms with Gasteiger partial charge in [0.2, 0.25) is 0 Å². The number of benzene rings is 2. The van der Waals surface area contributed by atoms with Crippen LogP contribution >= 0.6 is 0 Å². The zero-order valence-corrected chi connectivity index (χ0v) is 14.7. The molecule has 0 aliphatic carbocycles. The standard InChI is InChI=1S/C10H4B2F2N4O4Se2/c13-5-1-2(8-10(18-24-16-8)3(5)11(19)20)6(14)4(12(21)22)9-7(1)15-23-17-9/h19-22H. The first-order chi connectivity index (χ1) is 11.4. The van der Waals surface area contributed by atoms with Crippen LogP contribution in [0.5, 0.6) is 0 Å². The van der Waals surface area contributed by atoms with E-state index < -0.39 is 66.7 Å². The third-order valence-corrected chi connectivity index (χ3v) is 5.86. The number of fused-ring (bicyclic) bond motifs is 5. The third kappa shape index (κ3) is 2.06. The van der Waals surface area contributed by atoms with Crippen LogP contribution in [0.3, 0.4) is 0 Å². The molecule has 0 radical (unpaired) electrons. The van der Waals surface area contributed by atoms with Crippen LogP contribution in [-0.4, -0.2) is 80.2 Å². The van der Waals surface area contributed by atoms with Gasteiger partial charge in [-0.15, -0.1) is 0 Å². The fourth-order valence-electron chi connectivity index (χ4n) is 2.67. The Morgan fingerprint density at radius 3 is 1.29 bits per heavy atom. The van der Waals surface area contributed by atoms with Gasteiger partial charge < -0.3 is 0 Å². The average Bonchev–Trinajstić information content (AvgIpc) is 3.14. The van der Waals surface area contributed by atoms with Gasteiger partial charge >= 0.3 is 144 Å². The van der Waals surface area contributed by atoms with Crippen LogP contribution in [0.25, 0.3) is 32.8 Å². The van der Waals surface area contributed by atoms with Gasteiger partial charge in [0.05, 0.1) is 0 Å². The van der Waals surface area contributed by atoms with Gasteiger partial charge in [-0.25, -0.2) is 0 Å². The summed E-state index contributed by atoms with van der Waals surface area (Å²) in [4.78, 5) is 0. The quantitative estimate of drug-likeness (QED) is 0.226. The van der Waals surface area contributed by atoms with E-state index in [-0.39, 0.29) is 32.8 Å². The van der Waals surface area contributed by atoms with Crippen molar-refractivity contribution in [2.45, 2.75) is 0 Å². The average molecular weight is 462 g/mol. The minimum absolute atomic E-state index is 0.0497. The summed E-state index contributed by atoms with van der Waals surface area (Å²) in [6.07, 6.45) is 0. The van der Waals surface area contributed by atoms with Crippen LogP contribution in [0, 0.1) is 11.6 Å². The Kier molecular flexibility index (Phi) is 3.82. The number of hydrogen-bond donors (Lipinski definition) is 4. The Hall–Kier alpha value is -1.23. The van der Waals surface area contributed by atoms with Gasteiger partial charge in [-0.05, 0) is 0 Å². The first kappa shape index (κ1) is 16.2. The molecule has 120 valence electrons. The molecular weight excluding hydrogens is 458 g/mol. The van der Waals surface area contributed by atoms with E-state index in [9.17, 15) is 28.9 Å². The predicted molar refractivity (Wildman–Crippen MR) is 83.6 cm³/mol. The maximum atomic E-state index is 14.9. The van der Waals surface area contributed by atoms with E-state index >= 15 is 0 Å². The van der Waals surface area contributed by atoms with Crippen molar-refractivity contribution in [2.24, 2.45) is 0 Å². The molecule has 4 aromatic rings. The molecule has 0 fully saturated rings. The summed E-state index contributed by atoms with van der Waals surface area (Å²) in [7, 11) is -4.33. The molecular formula is C10H4B2F2N4O4Se2. The molecule has 0 saturated carbocycles. The van der Waals surface area contributed by atoms with Crippen molar-refractivity contribution in [3.05, 3.63) is 11.6 Å². The topological polar surface area (TPSA) is 132 Å². The molecule has 2 heterocycles. The molecule has 0 unspecified atom stereocenters. The molecule has 0 spiro atoms. The van der Waals surface area contributed by atoms with Crippen molar-refractivity contribution in [2.75, 3.05) is 0 Å². The van der Waals surface area contributed by atoms with E-state index in [2.05, 4.69) is 15.9 Å². The molecule has 4 rings (SSSR count). The van der Waals surface area contributed by atoms with Crippen LogP contribution in [0.4, 0.5) is 8.78 Å². The summed E-state index contributed by atoms with van der Waals surface area (Å²) in [5.74, 6) is -2.16. The molecule has 2 aromatic heterocycles. The van der Waals surface area contributed by atoms with Gasteiger partial charge in [0.15, 0.2) is 0 Å². The van der Waals surface area contributed by atoms with Crippen molar-refractivity contribution >= 4 is 87.9 Å². The zero-order chi connectivity index (χ0) is 17.2. The minimum atomic E-state index is -2.17. The maximum absolute atomic E-state index is 14.9. The van der Waals surface area contributed by atoms with Gasteiger partial charge in [0.1, 0.15) is 0 Å². The molecule has 2 aromatic carbocycles. The summed E-state index contributed by atoms with van der Waals surface area (Å²) in [5, 5.41) is 37.3. The van der Waals surface area contributed by atoms with E-state index in [0.717, 1.165) is 0 Å². The molecule has 4 N–H and O–H groups in total. The fraction of sp³-hybridized carbons (Fsp3) is 0. The Balaban J connectivity index is 2.39. The summed E-state index contributed by atoms with van der Waals surface area (Å²) in [6.45, 7) is 0. The van der Waals surface area contributed by atoms with Crippen LogP contribution in [0.2, 0.25) is 0 Å². The normalized spacial score (nSPS) is 11.8. The summed E-state index contributed by atoms with van der Waals surface area (Å²) in [5.41, 5.74) is -1.40. The second-order valence-electron chi connectivity index (χ2n) is 4.88. The molecule has 0 amide bonds. The molecule has 0 saturated heterocycles. The van der Waals surface area contributed by atoms with E-state index in [4.69, 9.17) is 0 Å². The molecule has 0 bridgehead atoms. The molecule has 14 heteroatoms. The van der Waals surface area contributed by atoms with Crippen molar-refractivity contribution in [3.8, 4) is 0 Å². The second kappa shape index (κ2) is 5.65. The predicted octanol–water partition coefficient (Wildman–Crippen LogP) is -3.52. The van der Waals surface area contributed by atoms with E-state index in [1.807, 2.05) is 0 Å². The summed E-state index contributed by atoms with van der Waals surface area (Å²) >= 11 is -1.41. The second-order valence-corrected chi connectivity index (χ2v) is 7.09. The Bertz CT molecular complexity index is 1030. The van der Waals surface area contributed by atoms with Crippen LogP contribution < -0.4 is 10.9 Å². The van der Waals surface area contributed by atoms with Gasteiger partial charge in [0.25, 0.3) is 0 Å². The number of hydrogen-bond acceptors (Lipinski definition) is 8. The monoisotopic (exact) mass is 464 g/mol. The molecule has 0 aliphatic heterocycles.